The molecule has 1 N–H and O–H groups in total. The molecule has 1 unspecified atom stereocenters. The summed E-state index contributed by atoms with van der Waals surface area (Å²) in [6.07, 6.45) is 0.530. The fourth-order valence-electron chi connectivity index (χ4n) is 1.55. The molecule has 0 saturated heterocycles. The normalized spacial score (nSPS) is 12.1. The van der Waals surface area contributed by atoms with Crippen LogP contribution in [0, 0.1) is 0 Å². The maximum absolute atomic E-state index is 11.1. The quantitative estimate of drug-likeness (QED) is 0.753. The van der Waals surface area contributed by atoms with Crippen LogP contribution in [0.15, 0.2) is 24.3 Å². The van der Waals surface area contributed by atoms with E-state index < -0.39 is 11.9 Å². The molecule has 0 fully saturated rings. The van der Waals surface area contributed by atoms with Crippen molar-refractivity contribution in [1.29, 1.82) is 0 Å². The third kappa shape index (κ3) is 2.97. The summed E-state index contributed by atoms with van der Waals surface area (Å²) in [5, 5.41) is 9.09. The summed E-state index contributed by atoms with van der Waals surface area (Å²) in [5.74, 6) is -0.803. The van der Waals surface area contributed by atoms with Crippen LogP contribution in [-0.2, 0) is 9.53 Å². The molecule has 0 aliphatic rings. The molecule has 88 valence electrons. The topological polar surface area (TPSA) is 55.8 Å². The van der Waals surface area contributed by atoms with Crippen LogP contribution in [-0.4, -0.2) is 25.0 Å². The van der Waals surface area contributed by atoms with E-state index in [0.29, 0.717) is 17.7 Å². The van der Waals surface area contributed by atoms with Gasteiger partial charge < -0.3 is 14.6 Å². The van der Waals surface area contributed by atoms with Crippen molar-refractivity contribution in [2.45, 2.75) is 19.3 Å². The van der Waals surface area contributed by atoms with E-state index in [1.807, 2.05) is 13.0 Å². The first-order valence-electron chi connectivity index (χ1n) is 5.14. The number of hydrogen-bond donors (Lipinski definition) is 1. The van der Waals surface area contributed by atoms with Gasteiger partial charge in [-0.1, -0.05) is 25.1 Å². The van der Waals surface area contributed by atoms with E-state index in [4.69, 9.17) is 14.6 Å². The summed E-state index contributed by atoms with van der Waals surface area (Å²) < 4.78 is 10.1. The Hall–Kier alpha value is -1.55. The average molecular weight is 224 g/mol. The molecule has 1 rings (SSSR count). The zero-order chi connectivity index (χ0) is 12.0. The van der Waals surface area contributed by atoms with E-state index in [0.717, 1.165) is 0 Å². The average Bonchev–Trinajstić information content (AvgIpc) is 2.28. The number of carboxylic acids is 1. The minimum Gasteiger partial charge on any atom is -0.481 e. The predicted molar refractivity (Wildman–Crippen MR) is 59.6 cm³/mol. The maximum Gasteiger partial charge on any atom is 0.311 e. The minimum absolute atomic E-state index is 0.118. The van der Waals surface area contributed by atoms with Crippen molar-refractivity contribution in [1.82, 2.24) is 0 Å². The first-order chi connectivity index (χ1) is 7.70. The predicted octanol–water partition coefficient (Wildman–Crippen LogP) is 2.25. The Labute approximate surface area is 94.8 Å². The molecular weight excluding hydrogens is 208 g/mol. The third-order valence-corrected chi connectivity index (χ3v) is 2.33. The number of benzene rings is 1. The molecule has 1 atom stereocenters. The van der Waals surface area contributed by atoms with Crippen molar-refractivity contribution in [3.8, 4) is 5.75 Å². The molecule has 4 heteroatoms. The van der Waals surface area contributed by atoms with Crippen molar-refractivity contribution < 1.29 is 19.4 Å². The van der Waals surface area contributed by atoms with Crippen molar-refractivity contribution in [3.05, 3.63) is 29.8 Å². The lowest BCUT2D eigenvalue weighted by atomic mass is 9.96. The molecule has 0 aliphatic heterocycles. The van der Waals surface area contributed by atoms with Crippen molar-refractivity contribution >= 4 is 5.97 Å². The van der Waals surface area contributed by atoms with E-state index in [1.165, 1.54) is 7.11 Å². The summed E-state index contributed by atoms with van der Waals surface area (Å²) >= 11 is 0. The smallest absolute Gasteiger partial charge is 0.311 e. The standard InChI is InChI=1S/C12H16O4/c1-3-9(12(13)14)10-6-4-5-7-11(10)16-8-15-2/h4-7,9H,3,8H2,1-2H3,(H,13,14). The Morgan fingerprint density at radius 2 is 2.12 bits per heavy atom. The van der Waals surface area contributed by atoms with Gasteiger partial charge in [0.1, 0.15) is 5.75 Å². The van der Waals surface area contributed by atoms with E-state index in [1.54, 1.807) is 18.2 Å². The second-order valence-corrected chi connectivity index (χ2v) is 3.39. The van der Waals surface area contributed by atoms with Crippen molar-refractivity contribution in [3.63, 3.8) is 0 Å². The molecule has 0 aliphatic carbocycles. The van der Waals surface area contributed by atoms with Crippen LogP contribution in [0.4, 0.5) is 0 Å². The molecule has 1 aromatic carbocycles. The number of hydrogen-bond acceptors (Lipinski definition) is 3. The van der Waals surface area contributed by atoms with Crippen molar-refractivity contribution in [2.24, 2.45) is 0 Å². The third-order valence-electron chi connectivity index (χ3n) is 2.33. The molecule has 0 amide bonds. The lowest BCUT2D eigenvalue weighted by Gasteiger charge is -2.15. The maximum atomic E-state index is 11.1. The molecule has 0 radical (unpaired) electrons. The van der Waals surface area contributed by atoms with Gasteiger partial charge in [-0.25, -0.2) is 0 Å². The van der Waals surface area contributed by atoms with Gasteiger partial charge in [-0.3, -0.25) is 4.79 Å². The zero-order valence-corrected chi connectivity index (χ0v) is 9.47. The molecular formula is C12H16O4. The van der Waals surface area contributed by atoms with E-state index in [2.05, 4.69) is 0 Å². The molecule has 1 aromatic rings. The fraction of sp³-hybridized carbons (Fsp3) is 0.417. The summed E-state index contributed by atoms with van der Waals surface area (Å²) in [7, 11) is 1.52. The van der Waals surface area contributed by atoms with Gasteiger partial charge in [0.05, 0.1) is 5.92 Å². The Bertz CT molecular complexity index is 349. The van der Waals surface area contributed by atoms with Crippen LogP contribution < -0.4 is 4.74 Å². The number of aliphatic carboxylic acids is 1. The molecule has 4 nitrogen and oxygen atoms in total. The van der Waals surface area contributed by atoms with Gasteiger partial charge in [-0.2, -0.15) is 0 Å². The van der Waals surface area contributed by atoms with E-state index in [-0.39, 0.29) is 6.79 Å². The number of ether oxygens (including phenoxy) is 2. The van der Waals surface area contributed by atoms with Crippen molar-refractivity contribution in [2.75, 3.05) is 13.9 Å². The largest absolute Gasteiger partial charge is 0.481 e. The number of carboxylic acid groups (broad SMARTS) is 1. The van der Waals surface area contributed by atoms with E-state index >= 15 is 0 Å². The minimum atomic E-state index is -0.837. The summed E-state index contributed by atoms with van der Waals surface area (Å²) in [6, 6.07) is 7.14. The van der Waals surface area contributed by atoms with Gasteiger partial charge in [0.15, 0.2) is 6.79 Å². The number of para-hydroxylation sites is 1. The van der Waals surface area contributed by atoms with Gasteiger partial charge in [0, 0.05) is 12.7 Å². The van der Waals surface area contributed by atoms with Gasteiger partial charge in [0.25, 0.3) is 0 Å². The van der Waals surface area contributed by atoms with Crippen LogP contribution in [0.5, 0.6) is 5.75 Å². The molecule has 0 aromatic heterocycles. The highest BCUT2D eigenvalue weighted by Crippen LogP contribution is 2.29. The molecule has 16 heavy (non-hydrogen) atoms. The van der Waals surface area contributed by atoms with Crippen LogP contribution in [0.1, 0.15) is 24.8 Å². The van der Waals surface area contributed by atoms with Gasteiger partial charge >= 0.3 is 5.97 Å². The molecule has 0 spiro atoms. The number of carbonyl (C=O) groups is 1. The summed E-state index contributed by atoms with van der Waals surface area (Å²) in [4.78, 5) is 11.1. The van der Waals surface area contributed by atoms with E-state index in [9.17, 15) is 4.79 Å². The zero-order valence-electron chi connectivity index (χ0n) is 9.47. The van der Waals surface area contributed by atoms with Gasteiger partial charge in [0.2, 0.25) is 0 Å². The lowest BCUT2D eigenvalue weighted by molar-refractivity contribution is -0.138. The Kier molecular flexibility index (Phi) is 4.79. The number of rotatable bonds is 6. The first kappa shape index (κ1) is 12.5. The van der Waals surface area contributed by atoms with Crippen LogP contribution >= 0.6 is 0 Å². The molecule has 0 bridgehead atoms. The summed E-state index contributed by atoms with van der Waals surface area (Å²) in [5.41, 5.74) is 0.689. The highest BCUT2D eigenvalue weighted by Gasteiger charge is 2.21. The SMILES string of the molecule is CCC(C(=O)O)c1ccccc1OCOC. The Balaban J connectivity index is 2.96. The highest BCUT2D eigenvalue weighted by molar-refractivity contribution is 5.77. The first-order valence-corrected chi connectivity index (χ1v) is 5.14. The van der Waals surface area contributed by atoms with Gasteiger partial charge in [-0.05, 0) is 12.5 Å². The summed E-state index contributed by atoms with van der Waals surface area (Å²) in [6.45, 7) is 1.96. The monoisotopic (exact) mass is 224 g/mol. The molecule has 0 saturated carbocycles. The number of methoxy groups -OCH3 is 1. The van der Waals surface area contributed by atoms with Gasteiger partial charge in [-0.15, -0.1) is 0 Å². The Morgan fingerprint density at radius 1 is 1.44 bits per heavy atom. The second kappa shape index (κ2) is 6.12. The van der Waals surface area contributed by atoms with Crippen LogP contribution in [0.3, 0.4) is 0 Å². The molecule has 0 heterocycles. The van der Waals surface area contributed by atoms with Crippen LogP contribution in [0.25, 0.3) is 0 Å². The lowest BCUT2D eigenvalue weighted by Crippen LogP contribution is -2.12. The highest BCUT2D eigenvalue weighted by atomic mass is 16.7. The Morgan fingerprint density at radius 3 is 2.69 bits per heavy atom. The second-order valence-electron chi connectivity index (χ2n) is 3.39. The fourth-order valence-corrected chi connectivity index (χ4v) is 1.55. The van der Waals surface area contributed by atoms with Crippen LogP contribution in [0.2, 0.25) is 0 Å².